The van der Waals surface area contributed by atoms with Gasteiger partial charge in [-0.2, -0.15) is 11.8 Å². The van der Waals surface area contributed by atoms with Gasteiger partial charge in [-0.15, -0.1) is 0 Å². The van der Waals surface area contributed by atoms with Gasteiger partial charge in [-0.3, -0.25) is 10.0 Å². The Kier molecular flexibility index (Phi) is 6.05. The molecule has 1 fully saturated rings. The van der Waals surface area contributed by atoms with Crippen LogP contribution in [0.3, 0.4) is 0 Å². The van der Waals surface area contributed by atoms with Gasteiger partial charge in [0.25, 0.3) is 5.91 Å². The van der Waals surface area contributed by atoms with Crippen molar-refractivity contribution in [2.75, 3.05) is 17.2 Å². The van der Waals surface area contributed by atoms with Crippen LogP contribution in [0.1, 0.15) is 12.8 Å². The molecule has 1 aliphatic rings. The van der Waals surface area contributed by atoms with Gasteiger partial charge in [0.15, 0.2) is 14.6 Å². The number of anilines is 1. The van der Waals surface area contributed by atoms with Crippen molar-refractivity contribution < 1.29 is 18.4 Å². The minimum atomic E-state index is -3.94. The molecule has 1 aliphatic heterocycles. The molecule has 0 radical (unpaired) electrons. The third-order valence-corrected chi connectivity index (χ3v) is 9.10. The lowest BCUT2D eigenvalue weighted by atomic mass is 10.0. The predicted molar refractivity (Wildman–Crippen MR) is 108 cm³/mol. The van der Waals surface area contributed by atoms with Gasteiger partial charge >= 0.3 is 0 Å². The molecule has 1 heterocycles. The van der Waals surface area contributed by atoms with Crippen LogP contribution in [0.5, 0.6) is 0 Å². The number of thioether (sulfide) groups is 1. The number of nitrogen functional groups attached to an aromatic ring is 1. The zero-order valence-electron chi connectivity index (χ0n) is 14.4. The number of carbonyl (C=O) groups excluding carboxylic acids is 1. The highest BCUT2D eigenvalue weighted by atomic mass is 32.2. The van der Waals surface area contributed by atoms with Crippen molar-refractivity contribution >= 4 is 45.0 Å². The molecule has 144 valence electrons. The number of nitrogens with two attached hydrogens (primary N) is 1. The van der Waals surface area contributed by atoms with Crippen molar-refractivity contribution in [3.05, 3.63) is 48.5 Å². The van der Waals surface area contributed by atoms with Crippen LogP contribution in [0.25, 0.3) is 0 Å². The molecule has 27 heavy (non-hydrogen) atoms. The number of nitrogens with one attached hydrogen (secondary N) is 1. The minimum absolute atomic E-state index is 0.0830. The van der Waals surface area contributed by atoms with Crippen molar-refractivity contribution in [1.29, 1.82) is 0 Å². The topological polar surface area (TPSA) is 109 Å². The molecule has 0 aliphatic carbocycles. The fourth-order valence-corrected chi connectivity index (χ4v) is 7.25. The van der Waals surface area contributed by atoms with Crippen LogP contribution in [0.15, 0.2) is 63.2 Å². The Morgan fingerprint density at radius 1 is 1.04 bits per heavy atom. The highest BCUT2D eigenvalue weighted by Gasteiger charge is 2.51. The van der Waals surface area contributed by atoms with E-state index in [4.69, 9.17) is 10.9 Å². The van der Waals surface area contributed by atoms with Gasteiger partial charge in [0.1, 0.15) is 0 Å². The quantitative estimate of drug-likeness (QED) is 0.384. The number of benzene rings is 2. The number of hydrogen-bond acceptors (Lipinski definition) is 7. The summed E-state index contributed by atoms with van der Waals surface area (Å²) < 4.78 is 24.8. The number of rotatable bonds is 5. The van der Waals surface area contributed by atoms with E-state index in [0.717, 1.165) is 9.79 Å². The van der Waals surface area contributed by atoms with E-state index in [1.807, 2.05) is 12.1 Å². The third-order valence-electron chi connectivity index (χ3n) is 4.58. The summed E-state index contributed by atoms with van der Waals surface area (Å²) in [6, 6.07) is 13.9. The molecule has 0 atom stereocenters. The fraction of sp³-hybridized carbons (Fsp3) is 0.278. The van der Waals surface area contributed by atoms with Crippen LogP contribution in [-0.2, 0) is 14.6 Å². The van der Waals surface area contributed by atoms with E-state index in [1.54, 1.807) is 41.5 Å². The summed E-state index contributed by atoms with van der Waals surface area (Å²) >= 11 is 3.09. The lowest BCUT2D eigenvalue weighted by molar-refractivity contribution is -0.132. The van der Waals surface area contributed by atoms with Gasteiger partial charge in [0, 0.05) is 15.5 Å². The SMILES string of the molecule is Nc1ccc(Sc2ccc(S(=O)(=O)C3(C(=O)NO)CCSCC3)cc2)cc1. The number of amides is 1. The van der Waals surface area contributed by atoms with E-state index in [-0.39, 0.29) is 17.7 Å². The number of hydrogen-bond donors (Lipinski definition) is 3. The maximum absolute atomic E-state index is 13.2. The lowest BCUT2D eigenvalue weighted by Gasteiger charge is -2.34. The van der Waals surface area contributed by atoms with Crippen LogP contribution in [-0.4, -0.2) is 35.8 Å². The maximum Gasteiger partial charge on any atom is 0.265 e. The van der Waals surface area contributed by atoms with Crippen LogP contribution in [0, 0.1) is 0 Å². The second kappa shape index (κ2) is 8.14. The highest BCUT2D eigenvalue weighted by Crippen LogP contribution is 2.39. The molecule has 1 saturated heterocycles. The zero-order valence-corrected chi connectivity index (χ0v) is 16.9. The summed E-state index contributed by atoms with van der Waals surface area (Å²) in [5, 5.41) is 9.11. The van der Waals surface area contributed by atoms with Gasteiger partial charge < -0.3 is 5.73 Å². The summed E-state index contributed by atoms with van der Waals surface area (Å²) in [5.74, 6) is 0.248. The number of sulfone groups is 1. The first-order valence-electron chi connectivity index (χ1n) is 8.29. The van der Waals surface area contributed by atoms with Crippen LogP contribution in [0.4, 0.5) is 5.69 Å². The predicted octanol–water partition coefficient (Wildman–Crippen LogP) is 2.96. The van der Waals surface area contributed by atoms with E-state index < -0.39 is 20.5 Å². The molecule has 0 unspecified atom stereocenters. The summed E-state index contributed by atoms with van der Waals surface area (Å²) in [5.41, 5.74) is 7.92. The molecule has 2 aromatic carbocycles. The molecule has 4 N–H and O–H groups in total. The van der Waals surface area contributed by atoms with E-state index in [0.29, 0.717) is 17.2 Å². The molecule has 9 heteroatoms. The van der Waals surface area contributed by atoms with Gasteiger partial charge in [-0.05, 0) is 72.9 Å². The molecule has 3 rings (SSSR count). The van der Waals surface area contributed by atoms with Gasteiger partial charge in [0.2, 0.25) is 0 Å². The van der Waals surface area contributed by atoms with Gasteiger partial charge in [-0.25, -0.2) is 13.9 Å². The Morgan fingerprint density at radius 3 is 2.07 bits per heavy atom. The van der Waals surface area contributed by atoms with Gasteiger partial charge in [0.05, 0.1) is 4.90 Å². The number of hydroxylamine groups is 1. The van der Waals surface area contributed by atoms with E-state index >= 15 is 0 Å². The average Bonchev–Trinajstić information content (AvgIpc) is 2.70. The largest absolute Gasteiger partial charge is 0.399 e. The molecule has 1 amide bonds. The normalized spacial score (nSPS) is 16.6. The molecule has 0 spiro atoms. The van der Waals surface area contributed by atoms with Crippen molar-refractivity contribution in [2.24, 2.45) is 0 Å². The Hall–Kier alpha value is -1.68. The molecule has 6 nitrogen and oxygen atoms in total. The molecule has 0 saturated carbocycles. The summed E-state index contributed by atoms with van der Waals surface area (Å²) in [4.78, 5) is 14.2. The Labute approximate surface area is 166 Å². The molecule has 0 bridgehead atoms. The molecule has 0 aromatic heterocycles. The Morgan fingerprint density at radius 2 is 1.56 bits per heavy atom. The minimum Gasteiger partial charge on any atom is -0.399 e. The van der Waals surface area contributed by atoms with Crippen molar-refractivity contribution in [3.63, 3.8) is 0 Å². The second-order valence-electron chi connectivity index (χ2n) is 6.19. The van der Waals surface area contributed by atoms with Crippen LogP contribution >= 0.6 is 23.5 Å². The maximum atomic E-state index is 13.2. The van der Waals surface area contributed by atoms with E-state index in [1.165, 1.54) is 23.9 Å². The molecular formula is C18H20N2O4S3. The Bertz CT molecular complexity index is 907. The first kappa shape index (κ1) is 20.1. The summed E-state index contributed by atoms with van der Waals surface area (Å²) in [7, 11) is -3.94. The second-order valence-corrected chi connectivity index (χ2v) is 10.8. The van der Waals surface area contributed by atoms with E-state index in [9.17, 15) is 13.2 Å². The first-order valence-corrected chi connectivity index (χ1v) is 11.7. The van der Waals surface area contributed by atoms with Crippen LogP contribution < -0.4 is 11.2 Å². The smallest absolute Gasteiger partial charge is 0.265 e. The molecule has 2 aromatic rings. The van der Waals surface area contributed by atoms with E-state index in [2.05, 4.69) is 0 Å². The van der Waals surface area contributed by atoms with Crippen LogP contribution in [0.2, 0.25) is 0 Å². The van der Waals surface area contributed by atoms with Crippen molar-refractivity contribution in [3.8, 4) is 0 Å². The molecular weight excluding hydrogens is 404 g/mol. The zero-order chi connectivity index (χ0) is 19.5. The number of carbonyl (C=O) groups is 1. The van der Waals surface area contributed by atoms with Crippen molar-refractivity contribution in [2.45, 2.75) is 32.3 Å². The highest BCUT2D eigenvalue weighted by molar-refractivity contribution is 8.00. The van der Waals surface area contributed by atoms with Gasteiger partial charge in [-0.1, -0.05) is 11.8 Å². The monoisotopic (exact) mass is 424 g/mol. The standard InChI is InChI=1S/C18H20N2O4S3/c19-13-1-3-14(4-2-13)26-15-5-7-16(8-6-15)27(23,24)18(17(21)20-22)9-11-25-12-10-18/h1-8,22H,9-12,19H2,(H,20,21). The Balaban J connectivity index is 1.88. The first-order chi connectivity index (χ1) is 12.9. The third kappa shape index (κ3) is 3.96. The fourth-order valence-electron chi connectivity index (χ4n) is 3.01. The van der Waals surface area contributed by atoms with Crippen molar-refractivity contribution in [1.82, 2.24) is 5.48 Å². The summed E-state index contributed by atoms with van der Waals surface area (Å²) in [6.45, 7) is 0. The lowest BCUT2D eigenvalue weighted by Crippen LogP contribution is -2.53. The average molecular weight is 425 g/mol. The summed E-state index contributed by atoms with van der Waals surface area (Å²) in [6.07, 6.45) is 0.350.